The van der Waals surface area contributed by atoms with Crippen LogP contribution in [-0.4, -0.2) is 17.7 Å². The smallest absolute Gasteiger partial charge is 0.242 e. The molecule has 0 fully saturated rings. The van der Waals surface area contributed by atoms with Gasteiger partial charge in [-0.15, -0.1) is 0 Å². The number of carbonyl (C=O) groups excluding carboxylic acids is 3. The van der Waals surface area contributed by atoms with Crippen molar-refractivity contribution in [3.8, 4) is 0 Å². The quantitative estimate of drug-likeness (QED) is 0.372. The zero-order chi connectivity index (χ0) is 12.1. The van der Waals surface area contributed by atoms with Crippen molar-refractivity contribution in [2.24, 2.45) is 22.6 Å². The Bertz CT molecular complexity index is 240. The van der Waals surface area contributed by atoms with Gasteiger partial charge in [-0.1, -0.05) is 26.2 Å². The van der Waals surface area contributed by atoms with Crippen LogP contribution in [0, 0.1) is 5.41 Å². The zero-order valence-electron chi connectivity index (χ0n) is 8.79. The third-order valence-electron chi connectivity index (χ3n) is 2.42. The molecule has 15 heavy (non-hydrogen) atoms. The van der Waals surface area contributed by atoms with E-state index in [-0.39, 0.29) is 6.42 Å². The summed E-state index contributed by atoms with van der Waals surface area (Å²) in [6.07, 6.45) is 2.15. The van der Waals surface area contributed by atoms with E-state index in [1.54, 1.807) is 0 Å². The average molecular weight is 215 g/mol. The zero-order valence-corrected chi connectivity index (χ0v) is 8.79. The van der Waals surface area contributed by atoms with E-state index in [0.717, 1.165) is 12.8 Å². The van der Waals surface area contributed by atoms with Crippen molar-refractivity contribution in [3.05, 3.63) is 0 Å². The summed E-state index contributed by atoms with van der Waals surface area (Å²) in [4.78, 5) is 33.4. The maximum atomic E-state index is 11.1. The standard InChI is InChI=1S/C9H17N3O3/c1-2-3-4-5-9(6(10)13,7(11)14)8(12)15/h2-5H2,1H3,(H2,10,13)(H2,11,14)(H2,12,15). The molecule has 6 heteroatoms. The fourth-order valence-corrected chi connectivity index (χ4v) is 1.37. The lowest BCUT2D eigenvalue weighted by molar-refractivity contribution is -0.148. The Labute approximate surface area is 88.2 Å². The van der Waals surface area contributed by atoms with Crippen LogP contribution in [0.2, 0.25) is 0 Å². The molecule has 0 aromatic rings. The van der Waals surface area contributed by atoms with Crippen LogP contribution in [0.15, 0.2) is 0 Å². The number of rotatable bonds is 7. The van der Waals surface area contributed by atoms with Crippen molar-refractivity contribution >= 4 is 17.7 Å². The number of hydrogen-bond donors (Lipinski definition) is 3. The van der Waals surface area contributed by atoms with Crippen LogP contribution in [0.1, 0.15) is 32.6 Å². The normalized spacial score (nSPS) is 11.0. The highest BCUT2D eigenvalue weighted by Crippen LogP contribution is 2.24. The first-order valence-corrected chi connectivity index (χ1v) is 4.79. The van der Waals surface area contributed by atoms with Gasteiger partial charge in [0, 0.05) is 0 Å². The van der Waals surface area contributed by atoms with E-state index < -0.39 is 23.1 Å². The van der Waals surface area contributed by atoms with E-state index in [4.69, 9.17) is 17.2 Å². The second-order valence-corrected chi connectivity index (χ2v) is 3.46. The first-order valence-electron chi connectivity index (χ1n) is 4.79. The molecule has 6 nitrogen and oxygen atoms in total. The molecule has 0 atom stereocenters. The summed E-state index contributed by atoms with van der Waals surface area (Å²) < 4.78 is 0. The Morgan fingerprint density at radius 2 is 1.33 bits per heavy atom. The largest absolute Gasteiger partial charge is 0.368 e. The summed E-state index contributed by atoms with van der Waals surface area (Å²) in [5.74, 6) is -3.21. The van der Waals surface area contributed by atoms with Gasteiger partial charge in [0.2, 0.25) is 23.1 Å². The Hall–Kier alpha value is -1.59. The Kier molecular flexibility index (Phi) is 4.77. The van der Waals surface area contributed by atoms with Gasteiger partial charge in [-0.25, -0.2) is 0 Å². The Balaban J connectivity index is 4.90. The molecule has 0 radical (unpaired) electrons. The summed E-state index contributed by atoms with van der Waals surface area (Å²) in [6.45, 7) is 1.94. The van der Waals surface area contributed by atoms with Gasteiger partial charge >= 0.3 is 0 Å². The molecule has 0 aliphatic rings. The highest BCUT2D eigenvalue weighted by atomic mass is 16.2. The van der Waals surface area contributed by atoms with Crippen LogP contribution < -0.4 is 17.2 Å². The topological polar surface area (TPSA) is 129 Å². The average Bonchev–Trinajstić information content (AvgIpc) is 2.10. The number of hydrogen-bond acceptors (Lipinski definition) is 3. The predicted octanol–water partition coefficient (Wildman–Crippen LogP) is -0.991. The van der Waals surface area contributed by atoms with Crippen LogP contribution in [0.25, 0.3) is 0 Å². The lowest BCUT2D eigenvalue weighted by Gasteiger charge is -2.23. The molecule has 0 bridgehead atoms. The third-order valence-corrected chi connectivity index (χ3v) is 2.42. The summed E-state index contributed by atoms with van der Waals surface area (Å²) >= 11 is 0. The molecular weight excluding hydrogens is 198 g/mol. The van der Waals surface area contributed by atoms with Crippen molar-refractivity contribution in [1.29, 1.82) is 0 Å². The van der Waals surface area contributed by atoms with Gasteiger partial charge in [0.05, 0.1) is 0 Å². The number of amides is 3. The summed E-state index contributed by atoms with van der Waals surface area (Å²) in [5, 5.41) is 0. The molecule has 0 heterocycles. The van der Waals surface area contributed by atoms with Crippen molar-refractivity contribution < 1.29 is 14.4 Å². The van der Waals surface area contributed by atoms with E-state index >= 15 is 0 Å². The minimum Gasteiger partial charge on any atom is -0.368 e. The molecule has 0 saturated carbocycles. The lowest BCUT2D eigenvalue weighted by Crippen LogP contribution is -2.55. The predicted molar refractivity (Wildman–Crippen MR) is 54.2 cm³/mol. The van der Waals surface area contributed by atoms with E-state index in [0.29, 0.717) is 6.42 Å². The van der Waals surface area contributed by atoms with E-state index in [9.17, 15) is 14.4 Å². The van der Waals surface area contributed by atoms with E-state index in [2.05, 4.69) is 0 Å². The van der Waals surface area contributed by atoms with Crippen LogP contribution in [0.3, 0.4) is 0 Å². The fourth-order valence-electron chi connectivity index (χ4n) is 1.37. The minimum atomic E-state index is -2.03. The van der Waals surface area contributed by atoms with Gasteiger partial charge in [0.25, 0.3) is 0 Å². The van der Waals surface area contributed by atoms with Crippen molar-refractivity contribution in [3.63, 3.8) is 0 Å². The maximum Gasteiger partial charge on any atom is 0.242 e. The molecule has 6 N–H and O–H groups in total. The Morgan fingerprint density at radius 1 is 0.933 bits per heavy atom. The number of nitrogens with two attached hydrogens (primary N) is 3. The Morgan fingerprint density at radius 3 is 1.60 bits per heavy atom. The van der Waals surface area contributed by atoms with Gasteiger partial charge in [-0.3, -0.25) is 14.4 Å². The van der Waals surface area contributed by atoms with Crippen molar-refractivity contribution in [1.82, 2.24) is 0 Å². The lowest BCUT2D eigenvalue weighted by atomic mass is 9.80. The van der Waals surface area contributed by atoms with Crippen LogP contribution in [0.5, 0.6) is 0 Å². The molecule has 0 aromatic carbocycles. The van der Waals surface area contributed by atoms with Gasteiger partial charge in [0.15, 0.2) is 0 Å². The molecule has 0 aliphatic heterocycles. The molecule has 0 rings (SSSR count). The molecule has 0 aromatic heterocycles. The second-order valence-electron chi connectivity index (χ2n) is 3.46. The number of primary amides is 3. The van der Waals surface area contributed by atoms with Gasteiger partial charge in [-0.2, -0.15) is 0 Å². The number of unbranched alkanes of at least 4 members (excludes halogenated alkanes) is 2. The molecule has 0 spiro atoms. The highest BCUT2D eigenvalue weighted by molar-refractivity contribution is 6.21. The first kappa shape index (κ1) is 13.4. The molecule has 0 aliphatic carbocycles. The molecule has 86 valence electrons. The maximum absolute atomic E-state index is 11.1. The summed E-state index contributed by atoms with van der Waals surface area (Å²) in [7, 11) is 0. The fraction of sp³-hybridized carbons (Fsp3) is 0.667. The monoisotopic (exact) mass is 215 g/mol. The van der Waals surface area contributed by atoms with Crippen LogP contribution in [-0.2, 0) is 14.4 Å². The van der Waals surface area contributed by atoms with Crippen LogP contribution in [0.4, 0.5) is 0 Å². The minimum absolute atomic E-state index is 0.0131. The van der Waals surface area contributed by atoms with E-state index in [1.807, 2.05) is 6.92 Å². The molecular formula is C9H17N3O3. The third kappa shape index (κ3) is 2.68. The molecule has 0 saturated heterocycles. The first-order chi connectivity index (χ1) is 6.89. The second kappa shape index (κ2) is 5.33. The van der Waals surface area contributed by atoms with Gasteiger partial charge in [0.1, 0.15) is 0 Å². The molecule has 3 amide bonds. The van der Waals surface area contributed by atoms with Crippen molar-refractivity contribution in [2.45, 2.75) is 32.6 Å². The van der Waals surface area contributed by atoms with E-state index in [1.165, 1.54) is 0 Å². The number of carbonyl (C=O) groups is 3. The SMILES string of the molecule is CCCCCC(C(N)=O)(C(N)=O)C(N)=O. The van der Waals surface area contributed by atoms with Crippen molar-refractivity contribution in [2.75, 3.05) is 0 Å². The van der Waals surface area contributed by atoms with Crippen LogP contribution >= 0.6 is 0 Å². The van der Waals surface area contributed by atoms with Gasteiger partial charge in [-0.05, 0) is 6.42 Å². The summed E-state index contributed by atoms with van der Waals surface area (Å²) in [5.41, 5.74) is 13.0. The molecule has 0 unspecified atom stereocenters. The summed E-state index contributed by atoms with van der Waals surface area (Å²) in [6, 6.07) is 0. The van der Waals surface area contributed by atoms with Gasteiger partial charge < -0.3 is 17.2 Å². The highest BCUT2D eigenvalue weighted by Gasteiger charge is 2.48.